The van der Waals surface area contributed by atoms with Gasteiger partial charge in [-0.05, 0) is 76.5 Å². The van der Waals surface area contributed by atoms with Crippen LogP contribution in [-0.2, 0) is 6.61 Å². The van der Waals surface area contributed by atoms with Gasteiger partial charge in [-0.15, -0.1) is 0 Å². The quantitative estimate of drug-likeness (QED) is 0.430. The minimum Gasteiger partial charge on any atom is -0.488 e. The van der Waals surface area contributed by atoms with E-state index in [2.05, 4.69) is 31.8 Å². The van der Waals surface area contributed by atoms with Crippen LogP contribution in [0.1, 0.15) is 18.1 Å². The maximum Gasteiger partial charge on any atom is 0.186 e. The molecule has 2 N–H and O–H groups in total. The molecule has 0 spiro atoms. The molecule has 2 aromatic rings. The molecule has 0 unspecified atom stereocenters. The first kappa shape index (κ1) is 18.4. The van der Waals surface area contributed by atoms with E-state index in [1.54, 1.807) is 18.3 Å². The van der Waals surface area contributed by atoms with Crippen LogP contribution in [0.3, 0.4) is 0 Å². The van der Waals surface area contributed by atoms with E-state index in [9.17, 15) is 4.39 Å². The Morgan fingerprint density at radius 3 is 2.71 bits per heavy atom. The van der Waals surface area contributed by atoms with Crippen LogP contribution in [0.25, 0.3) is 0 Å². The molecule has 0 atom stereocenters. The van der Waals surface area contributed by atoms with E-state index in [1.807, 2.05) is 25.1 Å². The van der Waals surface area contributed by atoms with E-state index in [4.69, 9.17) is 17.0 Å². The summed E-state index contributed by atoms with van der Waals surface area (Å²) in [6.07, 6.45) is 1.66. The lowest BCUT2D eigenvalue weighted by Crippen LogP contribution is -2.31. The van der Waals surface area contributed by atoms with E-state index in [0.29, 0.717) is 17.5 Å². The topological polar surface area (TPSA) is 45.7 Å². The van der Waals surface area contributed by atoms with Crippen LogP contribution >= 0.6 is 28.1 Å². The lowest BCUT2D eigenvalue weighted by molar-refractivity contribution is 0.304. The first-order valence-electron chi connectivity index (χ1n) is 7.32. The molecule has 0 saturated heterocycles. The van der Waals surface area contributed by atoms with Crippen molar-refractivity contribution in [3.05, 3.63) is 63.9 Å². The van der Waals surface area contributed by atoms with Gasteiger partial charge in [0.15, 0.2) is 5.11 Å². The van der Waals surface area contributed by atoms with Gasteiger partial charge in [0.2, 0.25) is 0 Å². The van der Waals surface area contributed by atoms with Crippen LogP contribution in [0.15, 0.2) is 52.0 Å². The Morgan fingerprint density at radius 1 is 1.29 bits per heavy atom. The molecule has 0 aliphatic rings. The summed E-state index contributed by atoms with van der Waals surface area (Å²) >= 11 is 8.49. The van der Waals surface area contributed by atoms with Crippen molar-refractivity contribution in [2.45, 2.75) is 13.5 Å². The molecule has 0 amide bonds. The molecule has 24 heavy (non-hydrogen) atoms. The van der Waals surface area contributed by atoms with Crippen molar-refractivity contribution in [1.82, 2.24) is 10.7 Å². The molecule has 0 saturated carbocycles. The minimum atomic E-state index is -0.259. The lowest BCUT2D eigenvalue weighted by atomic mass is 10.2. The lowest BCUT2D eigenvalue weighted by Gasteiger charge is -2.09. The average molecular weight is 410 g/mol. The second kappa shape index (κ2) is 9.34. The van der Waals surface area contributed by atoms with Crippen LogP contribution in [0.4, 0.5) is 4.39 Å². The van der Waals surface area contributed by atoms with Gasteiger partial charge in [0.05, 0.1) is 10.7 Å². The largest absolute Gasteiger partial charge is 0.488 e. The number of nitrogens with one attached hydrogen (secondary N) is 2. The highest BCUT2D eigenvalue weighted by atomic mass is 79.9. The van der Waals surface area contributed by atoms with Gasteiger partial charge in [-0.3, -0.25) is 5.43 Å². The van der Waals surface area contributed by atoms with E-state index in [-0.39, 0.29) is 5.82 Å². The van der Waals surface area contributed by atoms with Gasteiger partial charge in [0, 0.05) is 6.54 Å². The highest BCUT2D eigenvalue weighted by Gasteiger charge is 2.03. The number of halogens is 2. The molecule has 126 valence electrons. The normalized spacial score (nSPS) is 10.6. The second-order valence-corrected chi connectivity index (χ2v) is 6.10. The molecular formula is C17H17BrFN3OS. The number of hydrazone groups is 1. The van der Waals surface area contributed by atoms with Crippen molar-refractivity contribution in [1.29, 1.82) is 0 Å². The fraction of sp³-hybridized carbons (Fsp3) is 0.176. The van der Waals surface area contributed by atoms with Gasteiger partial charge in [0.1, 0.15) is 18.2 Å². The molecule has 4 nitrogen and oxygen atoms in total. The molecule has 0 radical (unpaired) electrons. The van der Waals surface area contributed by atoms with E-state index in [0.717, 1.165) is 22.1 Å². The number of rotatable bonds is 6. The Kier molecular flexibility index (Phi) is 7.14. The third-order valence-electron chi connectivity index (χ3n) is 2.98. The van der Waals surface area contributed by atoms with Crippen LogP contribution < -0.4 is 15.5 Å². The van der Waals surface area contributed by atoms with Gasteiger partial charge < -0.3 is 10.1 Å². The fourth-order valence-electron chi connectivity index (χ4n) is 1.82. The number of benzene rings is 2. The van der Waals surface area contributed by atoms with Crippen molar-refractivity contribution in [2.24, 2.45) is 5.10 Å². The maximum atomic E-state index is 12.9. The summed E-state index contributed by atoms with van der Waals surface area (Å²) in [7, 11) is 0. The molecule has 2 aromatic carbocycles. The van der Waals surface area contributed by atoms with Crippen molar-refractivity contribution < 1.29 is 9.13 Å². The maximum absolute atomic E-state index is 12.9. The number of nitrogens with zero attached hydrogens (tertiary/aromatic N) is 1. The smallest absolute Gasteiger partial charge is 0.186 e. The van der Waals surface area contributed by atoms with Gasteiger partial charge in [0.25, 0.3) is 0 Å². The first-order valence-corrected chi connectivity index (χ1v) is 8.52. The molecule has 0 aliphatic heterocycles. The van der Waals surface area contributed by atoms with Gasteiger partial charge >= 0.3 is 0 Å². The SMILES string of the molecule is CCNC(=S)N/N=C\c1ccc(OCc2ccc(F)cc2)c(Br)c1. The number of hydrogen-bond acceptors (Lipinski definition) is 3. The Labute approximate surface area is 154 Å². The minimum absolute atomic E-state index is 0.259. The highest BCUT2D eigenvalue weighted by Crippen LogP contribution is 2.26. The molecular weight excluding hydrogens is 393 g/mol. The van der Waals surface area contributed by atoms with Crippen molar-refractivity contribution >= 4 is 39.5 Å². The Bertz CT molecular complexity index is 722. The molecule has 0 fully saturated rings. The monoisotopic (exact) mass is 409 g/mol. The van der Waals surface area contributed by atoms with Crippen LogP contribution in [0, 0.1) is 5.82 Å². The zero-order valence-electron chi connectivity index (χ0n) is 13.1. The predicted octanol–water partition coefficient (Wildman–Crippen LogP) is 3.99. The summed E-state index contributed by atoms with van der Waals surface area (Å²) < 4.78 is 19.4. The summed E-state index contributed by atoms with van der Waals surface area (Å²) in [6, 6.07) is 11.8. The Morgan fingerprint density at radius 2 is 2.04 bits per heavy atom. The van der Waals surface area contributed by atoms with Gasteiger partial charge in [-0.25, -0.2) is 4.39 Å². The van der Waals surface area contributed by atoms with Crippen LogP contribution in [-0.4, -0.2) is 17.9 Å². The molecule has 0 aromatic heterocycles. The fourth-order valence-corrected chi connectivity index (χ4v) is 2.53. The summed E-state index contributed by atoms with van der Waals surface area (Å²) in [5, 5.41) is 7.48. The van der Waals surface area contributed by atoms with Crippen molar-refractivity contribution in [3.8, 4) is 5.75 Å². The van der Waals surface area contributed by atoms with Crippen LogP contribution in [0.2, 0.25) is 0 Å². The highest BCUT2D eigenvalue weighted by molar-refractivity contribution is 9.10. The summed E-state index contributed by atoms with van der Waals surface area (Å²) in [5.41, 5.74) is 4.52. The molecule has 0 bridgehead atoms. The number of ether oxygens (including phenoxy) is 1. The molecule has 2 rings (SSSR count). The van der Waals surface area contributed by atoms with E-state index in [1.165, 1.54) is 12.1 Å². The third-order valence-corrected chi connectivity index (χ3v) is 3.84. The van der Waals surface area contributed by atoms with Gasteiger partial charge in [-0.2, -0.15) is 5.10 Å². The van der Waals surface area contributed by atoms with Crippen LogP contribution in [0.5, 0.6) is 5.75 Å². The van der Waals surface area contributed by atoms with E-state index >= 15 is 0 Å². The number of hydrogen-bond donors (Lipinski definition) is 2. The van der Waals surface area contributed by atoms with Crippen molar-refractivity contribution in [2.75, 3.05) is 6.54 Å². The zero-order chi connectivity index (χ0) is 17.4. The Hall–Kier alpha value is -1.99. The average Bonchev–Trinajstić information content (AvgIpc) is 2.56. The first-order chi connectivity index (χ1) is 11.6. The molecule has 0 heterocycles. The summed E-state index contributed by atoms with van der Waals surface area (Å²) in [4.78, 5) is 0. The molecule has 0 aliphatic carbocycles. The predicted molar refractivity (Wildman–Crippen MR) is 102 cm³/mol. The second-order valence-electron chi connectivity index (χ2n) is 4.83. The summed E-state index contributed by atoms with van der Waals surface area (Å²) in [5.74, 6) is 0.443. The van der Waals surface area contributed by atoms with E-state index < -0.39 is 0 Å². The van der Waals surface area contributed by atoms with Crippen molar-refractivity contribution in [3.63, 3.8) is 0 Å². The summed E-state index contributed by atoms with van der Waals surface area (Å²) in [6.45, 7) is 3.07. The number of thiocarbonyl (C=S) groups is 1. The van der Waals surface area contributed by atoms with Gasteiger partial charge in [-0.1, -0.05) is 12.1 Å². The Balaban J connectivity index is 1.92. The molecule has 7 heteroatoms. The zero-order valence-corrected chi connectivity index (χ0v) is 15.5. The third kappa shape index (κ3) is 5.90. The standard InChI is InChI=1S/C17H17BrFN3OS/c1-2-20-17(24)22-21-10-13-5-8-16(15(18)9-13)23-11-12-3-6-14(19)7-4-12/h3-10H,2,11H2,1H3,(H2,20,22,24)/b21-10-.